The van der Waals surface area contributed by atoms with Crippen LogP contribution in [-0.4, -0.2) is 53.8 Å². The van der Waals surface area contributed by atoms with Crippen molar-refractivity contribution < 1.29 is 19.4 Å². The highest BCUT2D eigenvalue weighted by Gasteiger charge is 2.65. The van der Waals surface area contributed by atoms with Crippen molar-refractivity contribution in [2.45, 2.75) is 38.8 Å². The number of carbonyl (C=O) groups excluding carboxylic acids is 2. The van der Waals surface area contributed by atoms with Gasteiger partial charge in [-0.05, 0) is 72.7 Å². The number of aliphatic hydroxyl groups excluding tert-OH is 1. The number of fused-ring (bicyclic) bond motifs is 5. The molecular formula is C35H33ClN6O6S. The van der Waals surface area contributed by atoms with Gasteiger partial charge < -0.3 is 9.84 Å². The summed E-state index contributed by atoms with van der Waals surface area (Å²) in [6.45, 7) is 4.00. The number of imide groups is 1. The fraction of sp³-hybridized carbons (Fsp3) is 0.343. The van der Waals surface area contributed by atoms with Gasteiger partial charge >= 0.3 is 11.4 Å². The summed E-state index contributed by atoms with van der Waals surface area (Å²) in [6.07, 6.45) is 2.09. The molecule has 8 rings (SSSR count). The van der Waals surface area contributed by atoms with Crippen molar-refractivity contribution in [3.63, 3.8) is 0 Å². The topological polar surface area (TPSA) is 134 Å². The van der Waals surface area contributed by atoms with Gasteiger partial charge in [0.25, 0.3) is 0 Å². The summed E-state index contributed by atoms with van der Waals surface area (Å²) in [4.78, 5) is 58.1. The zero-order valence-corrected chi connectivity index (χ0v) is 28.8. The van der Waals surface area contributed by atoms with Crippen LogP contribution in [0.25, 0.3) is 20.7 Å². The van der Waals surface area contributed by atoms with Gasteiger partial charge in [-0.2, -0.15) is 5.10 Å². The Hall–Kier alpha value is -4.72. The van der Waals surface area contributed by atoms with Crippen molar-refractivity contribution in [2.75, 3.05) is 18.1 Å². The van der Waals surface area contributed by atoms with Crippen LogP contribution in [0.5, 0.6) is 5.75 Å². The molecule has 1 N–H and O–H groups in total. The first-order valence-electron chi connectivity index (χ1n) is 16.0. The monoisotopic (exact) mass is 700 g/mol. The largest absolute Gasteiger partial charge is 0.491 e. The molecule has 0 spiro atoms. The number of hydrogen-bond acceptors (Lipinski definition) is 8. The average molecular weight is 701 g/mol. The number of nitrogens with zero attached hydrogens (tertiary/aromatic N) is 6. The molecule has 4 atom stereocenters. The number of benzene rings is 2. The lowest BCUT2D eigenvalue weighted by Gasteiger charge is -2.47. The van der Waals surface area contributed by atoms with Crippen LogP contribution in [0.1, 0.15) is 36.4 Å². The number of aromatic nitrogens is 5. The third-order valence-electron chi connectivity index (χ3n) is 10.5. The molecule has 5 aromatic rings. The van der Waals surface area contributed by atoms with Gasteiger partial charge in [0.05, 0.1) is 35.4 Å². The predicted molar refractivity (Wildman–Crippen MR) is 185 cm³/mol. The Morgan fingerprint density at radius 3 is 2.55 bits per heavy atom. The van der Waals surface area contributed by atoms with Crippen molar-refractivity contribution in [3.05, 3.63) is 97.3 Å². The van der Waals surface area contributed by atoms with Gasteiger partial charge in [0, 0.05) is 35.8 Å². The van der Waals surface area contributed by atoms with E-state index in [1.54, 1.807) is 41.3 Å². The van der Waals surface area contributed by atoms with E-state index in [4.69, 9.17) is 21.4 Å². The lowest BCUT2D eigenvalue weighted by atomic mass is 9.56. The first-order valence-corrected chi connectivity index (χ1v) is 17.2. The molecule has 3 aliphatic rings. The third kappa shape index (κ3) is 4.41. The van der Waals surface area contributed by atoms with E-state index in [0.29, 0.717) is 22.3 Å². The number of ether oxygens (including phenoxy) is 1. The standard InChI is InChI=1S/C35H33ClN6O6S/c1-18-23-15-20(36)7-10-27(23)49-30(18)25-17-28(39(4)37-25)41-31(44)24-16-26-22(11-12-40-33(46)38(3)34(47)42(26)40)29(35(24,2)32(41)45)19-5-8-21(9-6-19)48-14-13-43/h5-11,15,17,24,26,29,43H,12-14,16H2,1-4H3/t24-,26+,29-,35+/m0/s1. The van der Waals surface area contributed by atoms with Gasteiger partial charge in [-0.1, -0.05) is 29.8 Å². The van der Waals surface area contributed by atoms with Crippen LogP contribution in [0, 0.1) is 18.3 Å². The van der Waals surface area contributed by atoms with Crippen LogP contribution in [-0.2, 0) is 30.2 Å². The molecular weight excluding hydrogens is 668 g/mol. The molecule has 2 fully saturated rings. The van der Waals surface area contributed by atoms with Crippen LogP contribution in [0.3, 0.4) is 0 Å². The molecule has 1 aliphatic carbocycles. The SMILES string of the molecule is Cc1c(-c2cc(N3C(=O)[C@@H]4C[C@@H]5C(=CCn6c(=O)n(C)c(=O)n65)[C@H](c5ccc(OCCO)cc5)[C@]4(C)C3=O)n(C)n2)sc2ccc(Cl)cc12. The maximum absolute atomic E-state index is 14.9. The van der Waals surface area contributed by atoms with E-state index in [0.717, 1.165) is 36.2 Å². The Bertz CT molecular complexity index is 2360. The molecule has 5 heterocycles. The summed E-state index contributed by atoms with van der Waals surface area (Å²) in [5.41, 5.74) is 1.10. The number of halogens is 1. The van der Waals surface area contributed by atoms with Crippen LogP contribution in [0.15, 0.2) is 69.8 Å². The average Bonchev–Trinajstić information content (AvgIpc) is 3.75. The summed E-state index contributed by atoms with van der Waals surface area (Å²) < 4.78 is 12.1. The number of thiophene rings is 1. The number of rotatable bonds is 6. The number of aryl methyl sites for hydroxylation is 2. The van der Waals surface area contributed by atoms with E-state index in [2.05, 4.69) is 0 Å². The summed E-state index contributed by atoms with van der Waals surface area (Å²) in [7, 11) is 3.16. The highest BCUT2D eigenvalue weighted by Crippen LogP contribution is 2.61. The van der Waals surface area contributed by atoms with Gasteiger partial charge in [0.2, 0.25) is 11.8 Å². The summed E-state index contributed by atoms with van der Waals surface area (Å²) in [5.74, 6) is -1.23. The first-order chi connectivity index (χ1) is 23.4. The Labute approximate surface area is 289 Å². The van der Waals surface area contributed by atoms with E-state index < -0.39 is 34.7 Å². The van der Waals surface area contributed by atoms with Gasteiger partial charge in [0.1, 0.15) is 23.9 Å². The summed E-state index contributed by atoms with van der Waals surface area (Å²) >= 11 is 7.86. The molecule has 14 heteroatoms. The van der Waals surface area contributed by atoms with Crippen LogP contribution < -0.4 is 21.0 Å². The molecule has 1 saturated heterocycles. The Kier molecular flexibility index (Phi) is 7.18. The normalized spacial score (nSPS) is 23.1. The van der Waals surface area contributed by atoms with Crippen LogP contribution in [0.2, 0.25) is 5.02 Å². The second-order valence-electron chi connectivity index (χ2n) is 13.1. The minimum absolute atomic E-state index is 0.133. The molecule has 49 heavy (non-hydrogen) atoms. The van der Waals surface area contributed by atoms with Crippen LogP contribution >= 0.6 is 22.9 Å². The maximum atomic E-state index is 14.9. The van der Waals surface area contributed by atoms with E-state index in [9.17, 15) is 24.3 Å². The second-order valence-corrected chi connectivity index (χ2v) is 14.6. The number of anilines is 1. The smallest absolute Gasteiger partial charge is 0.347 e. The Balaban J connectivity index is 1.25. The van der Waals surface area contributed by atoms with E-state index in [1.807, 2.05) is 50.3 Å². The van der Waals surface area contributed by atoms with Gasteiger partial charge in [-0.25, -0.2) is 28.4 Å². The molecule has 2 amide bonds. The Morgan fingerprint density at radius 2 is 1.82 bits per heavy atom. The molecule has 3 aromatic heterocycles. The lowest BCUT2D eigenvalue weighted by Crippen LogP contribution is -2.49. The zero-order chi connectivity index (χ0) is 34.5. The number of amides is 2. The fourth-order valence-corrected chi connectivity index (χ4v) is 9.44. The Morgan fingerprint density at radius 1 is 1.06 bits per heavy atom. The van der Waals surface area contributed by atoms with Crippen molar-refractivity contribution in [1.82, 2.24) is 23.7 Å². The van der Waals surface area contributed by atoms with Crippen LogP contribution in [0.4, 0.5) is 5.82 Å². The van der Waals surface area contributed by atoms with Crippen molar-refractivity contribution in [2.24, 2.45) is 25.4 Å². The molecule has 12 nitrogen and oxygen atoms in total. The quantitative estimate of drug-likeness (QED) is 0.208. The molecule has 252 valence electrons. The van der Waals surface area contributed by atoms with E-state index in [1.165, 1.54) is 21.3 Å². The molecule has 2 aromatic carbocycles. The van der Waals surface area contributed by atoms with Crippen molar-refractivity contribution >= 4 is 50.7 Å². The molecule has 0 radical (unpaired) electrons. The number of allylic oxidation sites excluding steroid dienone is 2. The highest BCUT2D eigenvalue weighted by atomic mass is 35.5. The molecule has 0 bridgehead atoms. The van der Waals surface area contributed by atoms with Gasteiger partial charge in [-0.3, -0.25) is 14.3 Å². The predicted octanol–water partition coefficient (Wildman–Crippen LogP) is 4.16. The van der Waals surface area contributed by atoms with Gasteiger partial charge in [-0.15, -0.1) is 11.3 Å². The zero-order valence-electron chi connectivity index (χ0n) is 27.2. The van der Waals surface area contributed by atoms with Crippen molar-refractivity contribution in [1.29, 1.82) is 0 Å². The van der Waals surface area contributed by atoms with E-state index in [-0.39, 0.29) is 38.0 Å². The number of hydrogen-bond donors (Lipinski definition) is 1. The third-order valence-corrected chi connectivity index (χ3v) is 12.0. The minimum Gasteiger partial charge on any atom is -0.491 e. The second kappa shape index (κ2) is 11.2. The van der Waals surface area contributed by atoms with Crippen molar-refractivity contribution in [3.8, 4) is 16.3 Å². The summed E-state index contributed by atoms with van der Waals surface area (Å²) in [5, 5.41) is 15.6. The first kappa shape index (κ1) is 31.5. The molecule has 0 unspecified atom stereocenters. The summed E-state index contributed by atoms with van der Waals surface area (Å²) in [6, 6.07) is 14.2. The highest BCUT2D eigenvalue weighted by molar-refractivity contribution is 7.22. The van der Waals surface area contributed by atoms with E-state index >= 15 is 0 Å². The maximum Gasteiger partial charge on any atom is 0.347 e. The minimum atomic E-state index is -1.22. The lowest BCUT2D eigenvalue weighted by molar-refractivity contribution is -0.129. The number of carbonyl (C=O) groups is 2. The number of aliphatic hydroxyl groups is 1. The molecule has 1 saturated carbocycles. The fourth-order valence-electron chi connectivity index (χ4n) is 8.12. The van der Waals surface area contributed by atoms with Gasteiger partial charge in [0.15, 0.2) is 0 Å². The molecule has 2 aliphatic heterocycles.